The Morgan fingerprint density at radius 1 is 1.13 bits per heavy atom. The lowest BCUT2D eigenvalue weighted by Crippen LogP contribution is -2.27. The fourth-order valence-electron chi connectivity index (χ4n) is 3.42. The molecule has 0 saturated carbocycles. The molecule has 0 saturated heterocycles. The number of anilines is 1. The number of aromatic nitrogens is 6. The summed E-state index contributed by atoms with van der Waals surface area (Å²) in [5.41, 5.74) is 0.610. The molecule has 0 unspecified atom stereocenters. The third-order valence-corrected chi connectivity index (χ3v) is 5.15. The molecular formula is C20H15F2N7O. The second-order valence-corrected chi connectivity index (χ2v) is 7.51. The second kappa shape index (κ2) is 6.34. The van der Waals surface area contributed by atoms with Crippen molar-refractivity contribution in [3.05, 3.63) is 59.4 Å². The van der Waals surface area contributed by atoms with Crippen LogP contribution < -0.4 is 5.32 Å². The van der Waals surface area contributed by atoms with Crippen LogP contribution >= 0.6 is 0 Å². The topological polar surface area (TPSA) is 98.5 Å². The van der Waals surface area contributed by atoms with Crippen LogP contribution in [0.1, 0.15) is 25.1 Å². The molecule has 5 rings (SSSR count). The Bertz CT molecular complexity index is 1330. The molecule has 8 nitrogen and oxygen atoms in total. The molecule has 0 spiro atoms. The molecule has 30 heavy (non-hydrogen) atoms. The van der Waals surface area contributed by atoms with Gasteiger partial charge in [0, 0.05) is 11.8 Å². The molecule has 0 bridgehead atoms. The van der Waals surface area contributed by atoms with Crippen LogP contribution in [0, 0.1) is 11.6 Å². The monoisotopic (exact) mass is 407 g/mol. The summed E-state index contributed by atoms with van der Waals surface area (Å²) in [7, 11) is 0. The van der Waals surface area contributed by atoms with Crippen molar-refractivity contribution in [3.8, 4) is 11.5 Å². The number of benzene rings is 1. The number of fused-ring (bicyclic) bond motifs is 2. The van der Waals surface area contributed by atoms with Crippen LogP contribution in [-0.4, -0.2) is 35.9 Å². The molecule has 150 valence electrons. The van der Waals surface area contributed by atoms with Crippen molar-refractivity contribution in [3.63, 3.8) is 0 Å². The number of hydrogen-bond acceptors (Lipinski definition) is 6. The third-order valence-electron chi connectivity index (χ3n) is 5.15. The Labute approximate surface area is 169 Å². The van der Waals surface area contributed by atoms with Crippen LogP contribution in [0.4, 0.5) is 14.6 Å². The first kappa shape index (κ1) is 18.2. The number of amides is 1. The van der Waals surface area contributed by atoms with Gasteiger partial charge in [-0.3, -0.25) is 4.79 Å². The van der Waals surface area contributed by atoms with Crippen LogP contribution in [-0.2, 0) is 16.8 Å². The summed E-state index contributed by atoms with van der Waals surface area (Å²) in [6, 6.07) is 7.49. The Morgan fingerprint density at radius 2 is 1.97 bits per heavy atom. The highest BCUT2D eigenvalue weighted by atomic mass is 19.2. The van der Waals surface area contributed by atoms with Gasteiger partial charge in [0.1, 0.15) is 11.4 Å². The fourth-order valence-corrected chi connectivity index (χ4v) is 3.42. The van der Waals surface area contributed by atoms with E-state index in [1.165, 1.54) is 16.8 Å². The molecule has 1 aromatic carbocycles. The highest BCUT2D eigenvalue weighted by Gasteiger charge is 2.42. The summed E-state index contributed by atoms with van der Waals surface area (Å²) in [5.74, 6) is -1.54. The number of carbonyl (C=O) groups is 1. The largest absolute Gasteiger partial charge is 0.308 e. The molecule has 1 N–H and O–H groups in total. The zero-order valence-electron chi connectivity index (χ0n) is 16.0. The fraction of sp³-hybridized carbons (Fsp3) is 0.200. The summed E-state index contributed by atoms with van der Waals surface area (Å²) in [6.07, 6.45) is 1.58. The lowest BCUT2D eigenvalue weighted by atomic mass is 9.91. The highest BCUT2D eigenvalue weighted by Crippen LogP contribution is 2.35. The van der Waals surface area contributed by atoms with Crippen LogP contribution in [0.15, 0.2) is 36.5 Å². The summed E-state index contributed by atoms with van der Waals surface area (Å²) in [4.78, 5) is 20.9. The first-order valence-electron chi connectivity index (χ1n) is 9.17. The van der Waals surface area contributed by atoms with E-state index in [-0.39, 0.29) is 23.8 Å². The van der Waals surface area contributed by atoms with Gasteiger partial charge in [-0.15, -0.1) is 10.2 Å². The molecule has 0 atom stereocenters. The predicted octanol–water partition coefficient (Wildman–Crippen LogP) is 2.84. The second-order valence-electron chi connectivity index (χ2n) is 7.51. The molecule has 3 aromatic heterocycles. The van der Waals surface area contributed by atoms with Crippen LogP contribution in [0.2, 0.25) is 0 Å². The number of carbonyl (C=O) groups excluding carboxylic acids is 1. The van der Waals surface area contributed by atoms with E-state index >= 15 is 0 Å². The van der Waals surface area contributed by atoms with Crippen molar-refractivity contribution >= 4 is 22.8 Å². The van der Waals surface area contributed by atoms with Crippen LogP contribution in [0.25, 0.3) is 22.6 Å². The Hall–Kier alpha value is -3.82. The van der Waals surface area contributed by atoms with Crippen molar-refractivity contribution in [2.75, 3.05) is 5.32 Å². The van der Waals surface area contributed by atoms with Crippen molar-refractivity contribution in [1.82, 2.24) is 29.9 Å². The summed E-state index contributed by atoms with van der Waals surface area (Å²) in [5, 5.41) is 16.2. The maximum absolute atomic E-state index is 14.2. The number of nitrogens with zero attached hydrogens (tertiary/aromatic N) is 6. The van der Waals surface area contributed by atoms with Gasteiger partial charge in [-0.2, -0.15) is 5.10 Å². The third kappa shape index (κ3) is 2.64. The first-order valence-corrected chi connectivity index (χ1v) is 9.17. The van der Waals surface area contributed by atoms with Crippen LogP contribution in [0.5, 0.6) is 0 Å². The number of rotatable bonds is 3. The molecule has 0 fully saturated rings. The molecule has 1 aliphatic rings. The van der Waals surface area contributed by atoms with E-state index in [1.807, 2.05) is 0 Å². The van der Waals surface area contributed by atoms with E-state index in [0.29, 0.717) is 28.2 Å². The van der Waals surface area contributed by atoms with E-state index < -0.39 is 17.0 Å². The number of pyridine rings is 1. The maximum atomic E-state index is 14.2. The van der Waals surface area contributed by atoms with E-state index in [1.54, 1.807) is 32.2 Å². The molecule has 10 heteroatoms. The Kier molecular flexibility index (Phi) is 3.85. The van der Waals surface area contributed by atoms with E-state index in [9.17, 15) is 13.6 Å². The number of nitrogens with one attached hydrogen (secondary N) is 1. The van der Waals surface area contributed by atoms with Gasteiger partial charge < -0.3 is 5.32 Å². The van der Waals surface area contributed by atoms with Gasteiger partial charge in [0.15, 0.2) is 23.1 Å². The van der Waals surface area contributed by atoms with Crippen molar-refractivity contribution < 1.29 is 13.6 Å². The smallest absolute Gasteiger partial charge is 0.237 e. The van der Waals surface area contributed by atoms with Crippen LogP contribution in [0.3, 0.4) is 0 Å². The SMILES string of the molecule is CC1(C)C(=O)Nc2nc(-c3nn(Cc4cccc(F)c4F)c4ncccc34)nnc21. The summed E-state index contributed by atoms with van der Waals surface area (Å²) < 4.78 is 29.2. The van der Waals surface area contributed by atoms with Crippen molar-refractivity contribution in [2.45, 2.75) is 25.8 Å². The molecule has 4 aromatic rings. The van der Waals surface area contributed by atoms with Gasteiger partial charge in [0.25, 0.3) is 0 Å². The molecule has 0 aliphatic carbocycles. The molecule has 0 radical (unpaired) electrons. The lowest BCUT2D eigenvalue weighted by molar-refractivity contribution is -0.119. The summed E-state index contributed by atoms with van der Waals surface area (Å²) >= 11 is 0. The lowest BCUT2D eigenvalue weighted by Gasteiger charge is -2.11. The standard InChI is InChI=1S/C20H15F2N7O/c1-20(2)15-17(25-19(20)30)24-16(27-26-15)14-11-6-4-8-23-18(11)29(28-14)9-10-5-3-7-12(21)13(10)22/h3-8H,9H2,1-2H3,(H,24,25,27,30). The quantitative estimate of drug-likeness (QED) is 0.561. The zero-order chi connectivity index (χ0) is 21.0. The minimum Gasteiger partial charge on any atom is -0.308 e. The number of halogens is 2. The van der Waals surface area contributed by atoms with Gasteiger partial charge in [0.2, 0.25) is 11.7 Å². The van der Waals surface area contributed by atoms with Crippen molar-refractivity contribution in [1.29, 1.82) is 0 Å². The number of hydrogen-bond donors (Lipinski definition) is 1. The van der Waals surface area contributed by atoms with E-state index in [2.05, 4.69) is 30.6 Å². The minimum atomic E-state index is -0.931. The predicted molar refractivity (Wildman–Crippen MR) is 103 cm³/mol. The average Bonchev–Trinajstić information content (AvgIpc) is 3.20. The first-order chi connectivity index (χ1) is 14.4. The van der Waals surface area contributed by atoms with E-state index in [4.69, 9.17) is 0 Å². The molecule has 4 heterocycles. The average molecular weight is 407 g/mol. The Balaban J connectivity index is 1.63. The zero-order valence-corrected chi connectivity index (χ0v) is 16.0. The molecule has 1 aliphatic heterocycles. The van der Waals surface area contributed by atoms with Gasteiger partial charge in [-0.05, 0) is 32.0 Å². The molecular weight excluding hydrogens is 392 g/mol. The Morgan fingerprint density at radius 3 is 2.80 bits per heavy atom. The minimum absolute atomic E-state index is 0.0285. The highest BCUT2D eigenvalue weighted by molar-refractivity contribution is 6.04. The van der Waals surface area contributed by atoms with E-state index in [0.717, 1.165) is 6.07 Å². The normalized spacial score (nSPS) is 14.7. The maximum Gasteiger partial charge on any atom is 0.237 e. The van der Waals surface area contributed by atoms with Gasteiger partial charge in [-0.1, -0.05) is 12.1 Å². The van der Waals surface area contributed by atoms with Crippen molar-refractivity contribution in [2.24, 2.45) is 0 Å². The van der Waals surface area contributed by atoms with Gasteiger partial charge in [0.05, 0.1) is 17.3 Å². The molecule has 1 amide bonds. The summed E-state index contributed by atoms with van der Waals surface area (Å²) in [6.45, 7) is 3.46. The van der Waals surface area contributed by atoms with Gasteiger partial charge in [-0.25, -0.2) is 23.4 Å². The van der Waals surface area contributed by atoms with Gasteiger partial charge >= 0.3 is 0 Å².